The van der Waals surface area contributed by atoms with Crippen molar-refractivity contribution in [2.24, 2.45) is 0 Å². The van der Waals surface area contributed by atoms with Gasteiger partial charge in [0.25, 0.3) is 11.6 Å². The monoisotopic (exact) mass is 271 g/mol. The Hall–Kier alpha value is -2.89. The highest BCUT2D eigenvalue weighted by molar-refractivity contribution is 6.05. The zero-order valence-electron chi connectivity index (χ0n) is 10.8. The summed E-state index contributed by atoms with van der Waals surface area (Å²) >= 11 is 0. The number of anilines is 2. The number of rotatable bonds is 4. The number of carbonyl (C=O) groups excluding carboxylic acids is 1. The van der Waals surface area contributed by atoms with Gasteiger partial charge in [0, 0.05) is 24.4 Å². The summed E-state index contributed by atoms with van der Waals surface area (Å²) in [5.41, 5.74) is 1.25. The zero-order chi connectivity index (χ0) is 14.5. The van der Waals surface area contributed by atoms with Crippen LogP contribution in [0.3, 0.4) is 0 Å². The molecule has 0 saturated heterocycles. The van der Waals surface area contributed by atoms with Crippen molar-refractivity contribution >= 4 is 23.0 Å². The topological polar surface area (TPSA) is 84.3 Å². The van der Waals surface area contributed by atoms with Gasteiger partial charge in [-0.05, 0) is 24.3 Å². The van der Waals surface area contributed by atoms with Gasteiger partial charge in [-0.2, -0.15) is 0 Å². The normalized spacial score (nSPS) is 9.85. The Morgan fingerprint density at radius 2 is 1.85 bits per heavy atom. The van der Waals surface area contributed by atoms with Crippen LogP contribution in [0.25, 0.3) is 0 Å². The molecule has 1 amide bonds. The van der Waals surface area contributed by atoms with E-state index in [-0.39, 0.29) is 11.6 Å². The second kappa shape index (κ2) is 5.83. The molecule has 0 unspecified atom stereocenters. The summed E-state index contributed by atoms with van der Waals surface area (Å²) in [6.45, 7) is 0. The number of hydrogen-bond donors (Lipinski definition) is 2. The van der Waals surface area contributed by atoms with Crippen LogP contribution in [0.5, 0.6) is 0 Å². The van der Waals surface area contributed by atoms with E-state index >= 15 is 0 Å². The van der Waals surface area contributed by atoms with Crippen LogP contribution < -0.4 is 10.6 Å². The molecule has 2 aromatic rings. The maximum absolute atomic E-state index is 12.1. The van der Waals surface area contributed by atoms with Gasteiger partial charge in [0.2, 0.25) is 0 Å². The fraction of sp³-hybridized carbons (Fsp3) is 0.0714. The number of hydrogen-bond acceptors (Lipinski definition) is 4. The van der Waals surface area contributed by atoms with Crippen molar-refractivity contribution in [2.75, 3.05) is 17.7 Å². The minimum absolute atomic E-state index is 0.0660. The standard InChI is InChI=1S/C14H13N3O3/c1-15-12-9-10(7-8-13(12)17(19)20)14(18)16-11-5-3-2-4-6-11/h2-9,15H,1H3,(H,16,18). The summed E-state index contributed by atoms with van der Waals surface area (Å²) < 4.78 is 0. The largest absolute Gasteiger partial charge is 0.383 e. The number of nitrogens with one attached hydrogen (secondary N) is 2. The number of nitro benzene ring substituents is 1. The van der Waals surface area contributed by atoms with Gasteiger partial charge in [-0.1, -0.05) is 18.2 Å². The van der Waals surface area contributed by atoms with Crippen LogP contribution in [-0.4, -0.2) is 17.9 Å². The van der Waals surface area contributed by atoms with E-state index in [0.29, 0.717) is 16.9 Å². The maximum atomic E-state index is 12.1. The van der Waals surface area contributed by atoms with Crippen LogP contribution in [0, 0.1) is 10.1 Å². The molecule has 20 heavy (non-hydrogen) atoms. The van der Waals surface area contributed by atoms with Gasteiger partial charge in [-0.25, -0.2) is 0 Å². The average Bonchev–Trinajstić information content (AvgIpc) is 2.47. The second-order valence-corrected chi connectivity index (χ2v) is 4.06. The number of para-hydroxylation sites is 1. The van der Waals surface area contributed by atoms with Crippen molar-refractivity contribution in [3.05, 3.63) is 64.2 Å². The predicted molar refractivity (Wildman–Crippen MR) is 77.0 cm³/mol. The molecule has 0 radical (unpaired) electrons. The van der Waals surface area contributed by atoms with Gasteiger partial charge in [-0.15, -0.1) is 0 Å². The first-order valence-corrected chi connectivity index (χ1v) is 5.94. The first-order valence-electron chi connectivity index (χ1n) is 5.94. The lowest BCUT2D eigenvalue weighted by atomic mass is 10.1. The number of nitrogens with zero attached hydrogens (tertiary/aromatic N) is 1. The highest BCUT2D eigenvalue weighted by Crippen LogP contribution is 2.25. The lowest BCUT2D eigenvalue weighted by molar-refractivity contribution is -0.383. The van der Waals surface area contributed by atoms with Crippen molar-refractivity contribution < 1.29 is 9.72 Å². The lowest BCUT2D eigenvalue weighted by Crippen LogP contribution is -2.12. The van der Waals surface area contributed by atoms with Crippen LogP contribution in [0.1, 0.15) is 10.4 Å². The molecule has 2 rings (SSSR count). The van der Waals surface area contributed by atoms with Crippen molar-refractivity contribution in [1.82, 2.24) is 0 Å². The van der Waals surface area contributed by atoms with Gasteiger partial charge < -0.3 is 10.6 Å². The molecule has 0 aliphatic carbocycles. The van der Waals surface area contributed by atoms with E-state index in [1.807, 2.05) is 18.2 Å². The molecule has 0 spiro atoms. The van der Waals surface area contributed by atoms with Crippen LogP contribution in [-0.2, 0) is 0 Å². The molecule has 0 heterocycles. The molecule has 0 aliphatic heterocycles. The molecule has 2 N–H and O–H groups in total. The van der Waals surface area contributed by atoms with Gasteiger partial charge in [0.15, 0.2) is 0 Å². The van der Waals surface area contributed by atoms with Crippen molar-refractivity contribution in [1.29, 1.82) is 0 Å². The zero-order valence-corrected chi connectivity index (χ0v) is 10.8. The smallest absolute Gasteiger partial charge is 0.292 e. The third kappa shape index (κ3) is 2.92. The number of amides is 1. The Morgan fingerprint density at radius 3 is 2.45 bits per heavy atom. The van der Waals surface area contributed by atoms with Crippen molar-refractivity contribution in [2.45, 2.75) is 0 Å². The lowest BCUT2D eigenvalue weighted by Gasteiger charge is -2.07. The highest BCUT2D eigenvalue weighted by Gasteiger charge is 2.15. The van der Waals surface area contributed by atoms with Crippen molar-refractivity contribution in [3.63, 3.8) is 0 Å². The number of nitro groups is 1. The van der Waals surface area contributed by atoms with E-state index in [4.69, 9.17) is 0 Å². The summed E-state index contributed by atoms with van der Waals surface area (Å²) in [6.07, 6.45) is 0. The average molecular weight is 271 g/mol. The summed E-state index contributed by atoms with van der Waals surface area (Å²) in [5.74, 6) is -0.317. The van der Waals surface area contributed by atoms with Gasteiger partial charge >= 0.3 is 0 Å². The molecule has 0 bridgehead atoms. The van der Waals surface area contributed by atoms with Gasteiger partial charge in [-0.3, -0.25) is 14.9 Å². The summed E-state index contributed by atoms with van der Waals surface area (Å²) in [4.78, 5) is 22.4. The first-order chi connectivity index (χ1) is 9.61. The summed E-state index contributed by atoms with van der Waals surface area (Å²) in [5, 5.41) is 16.3. The van der Waals surface area contributed by atoms with Crippen molar-refractivity contribution in [3.8, 4) is 0 Å². The third-order valence-corrected chi connectivity index (χ3v) is 2.76. The van der Waals surface area contributed by atoms with E-state index in [1.54, 1.807) is 19.2 Å². The minimum Gasteiger partial charge on any atom is -0.383 e. The predicted octanol–water partition coefficient (Wildman–Crippen LogP) is 2.89. The van der Waals surface area contributed by atoms with Crippen LogP contribution in [0.4, 0.5) is 17.1 Å². The molecule has 6 heteroatoms. The Morgan fingerprint density at radius 1 is 1.15 bits per heavy atom. The van der Waals surface area contributed by atoms with E-state index in [0.717, 1.165) is 0 Å². The molecule has 2 aromatic carbocycles. The number of benzene rings is 2. The molecule has 6 nitrogen and oxygen atoms in total. The van der Waals surface area contributed by atoms with Gasteiger partial charge in [0.1, 0.15) is 5.69 Å². The van der Waals surface area contributed by atoms with Crippen LogP contribution >= 0.6 is 0 Å². The fourth-order valence-electron chi connectivity index (χ4n) is 1.76. The molecule has 102 valence electrons. The highest BCUT2D eigenvalue weighted by atomic mass is 16.6. The molecule has 0 fully saturated rings. The van der Waals surface area contributed by atoms with Gasteiger partial charge in [0.05, 0.1) is 4.92 Å². The summed E-state index contributed by atoms with van der Waals surface area (Å²) in [6, 6.07) is 13.2. The Bertz CT molecular complexity index is 641. The molecule has 0 aromatic heterocycles. The van der Waals surface area contributed by atoms with E-state index < -0.39 is 4.92 Å². The summed E-state index contributed by atoms with van der Waals surface area (Å²) in [7, 11) is 1.57. The first kappa shape index (κ1) is 13.5. The van der Waals surface area contributed by atoms with E-state index in [9.17, 15) is 14.9 Å². The van der Waals surface area contributed by atoms with Crippen LogP contribution in [0.15, 0.2) is 48.5 Å². The SMILES string of the molecule is CNc1cc(C(=O)Nc2ccccc2)ccc1[N+](=O)[O-]. The fourth-order valence-corrected chi connectivity index (χ4v) is 1.76. The Balaban J connectivity index is 2.25. The Kier molecular flexibility index (Phi) is 3.95. The van der Waals surface area contributed by atoms with E-state index in [2.05, 4.69) is 10.6 Å². The van der Waals surface area contributed by atoms with E-state index in [1.165, 1.54) is 18.2 Å². The third-order valence-electron chi connectivity index (χ3n) is 2.76. The molecular formula is C14H13N3O3. The number of carbonyl (C=O) groups is 1. The molecular weight excluding hydrogens is 258 g/mol. The minimum atomic E-state index is -0.495. The molecule has 0 saturated carbocycles. The molecule has 0 aliphatic rings. The Labute approximate surface area is 115 Å². The van der Waals surface area contributed by atoms with Crippen LogP contribution in [0.2, 0.25) is 0 Å². The maximum Gasteiger partial charge on any atom is 0.292 e. The second-order valence-electron chi connectivity index (χ2n) is 4.06. The quantitative estimate of drug-likeness (QED) is 0.661. The molecule has 0 atom stereocenters.